The van der Waals surface area contributed by atoms with E-state index in [0.717, 1.165) is 5.69 Å². The van der Waals surface area contributed by atoms with Crippen molar-refractivity contribution in [3.05, 3.63) is 51.4 Å². The van der Waals surface area contributed by atoms with Crippen molar-refractivity contribution >= 4 is 23.4 Å². The molecule has 128 valence electrons. The molecule has 1 unspecified atom stereocenters. The molecule has 6 nitrogen and oxygen atoms in total. The van der Waals surface area contributed by atoms with Crippen molar-refractivity contribution in [3.63, 3.8) is 0 Å². The van der Waals surface area contributed by atoms with Crippen molar-refractivity contribution < 1.29 is 4.79 Å². The lowest BCUT2D eigenvalue weighted by atomic mass is 10.1. The van der Waals surface area contributed by atoms with E-state index < -0.39 is 0 Å². The molecule has 1 aliphatic heterocycles. The topological polar surface area (TPSA) is 87.8 Å². The van der Waals surface area contributed by atoms with Gasteiger partial charge in [-0.15, -0.1) is 0 Å². The summed E-state index contributed by atoms with van der Waals surface area (Å²) in [5.74, 6) is 0.146. The Balaban J connectivity index is 1.78. The van der Waals surface area contributed by atoms with E-state index in [9.17, 15) is 9.59 Å². The number of rotatable bonds is 3. The van der Waals surface area contributed by atoms with Crippen LogP contribution in [0.1, 0.15) is 23.7 Å². The predicted molar refractivity (Wildman–Crippen MR) is 96.6 cm³/mol. The fourth-order valence-corrected chi connectivity index (χ4v) is 3.96. The Kier molecular flexibility index (Phi) is 4.91. The number of nitrogens with zero attached hydrogens (tertiary/aromatic N) is 3. The van der Waals surface area contributed by atoms with Gasteiger partial charge in [0.15, 0.2) is 5.16 Å². The number of aryl methyl sites for hydroxylation is 1. The summed E-state index contributed by atoms with van der Waals surface area (Å²) < 4.78 is 1.61. The molecule has 1 aromatic carbocycles. The summed E-state index contributed by atoms with van der Waals surface area (Å²) in [4.78, 5) is 29.7. The van der Waals surface area contributed by atoms with Crippen LogP contribution in [0.25, 0.3) is 0 Å². The third-order valence-electron chi connectivity index (χ3n) is 4.26. The molecule has 0 fully saturated rings. The standard InChI is InChI=1S/C18H18N4O2S/c1-3-15-11(2)20-18-22(17(15)24)9-13(10-25-18)16(23)21-14-6-4-12(8-19)5-7-14/h4-7,13H,3,9-10H2,1-2H3,(H,21,23). The van der Waals surface area contributed by atoms with Crippen LogP contribution < -0.4 is 10.9 Å². The maximum absolute atomic E-state index is 12.6. The zero-order valence-corrected chi connectivity index (χ0v) is 14.9. The van der Waals surface area contributed by atoms with Crippen molar-refractivity contribution in [2.45, 2.75) is 32.0 Å². The lowest BCUT2D eigenvalue weighted by Crippen LogP contribution is -2.38. The second-order valence-electron chi connectivity index (χ2n) is 5.91. The van der Waals surface area contributed by atoms with Gasteiger partial charge in [-0.25, -0.2) is 4.98 Å². The van der Waals surface area contributed by atoms with Crippen LogP contribution in [-0.4, -0.2) is 21.2 Å². The minimum atomic E-state index is -0.306. The molecule has 1 amide bonds. The van der Waals surface area contributed by atoms with Crippen LogP contribution in [0.15, 0.2) is 34.2 Å². The van der Waals surface area contributed by atoms with Crippen LogP contribution in [0.2, 0.25) is 0 Å². The van der Waals surface area contributed by atoms with Gasteiger partial charge < -0.3 is 5.32 Å². The smallest absolute Gasteiger partial charge is 0.257 e. The summed E-state index contributed by atoms with van der Waals surface area (Å²) >= 11 is 1.44. The van der Waals surface area contributed by atoms with Crippen LogP contribution in [0.5, 0.6) is 0 Å². The number of hydrogen-bond acceptors (Lipinski definition) is 5. The number of carbonyl (C=O) groups excluding carboxylic acids is 1. The number of thioether (sulfide) groups is 1. The molecular weight excluding hydrogens is 336 g/mol. The summed E-state index contributed by atoms with van der Waals surface area (Å²) in [6.07, 6.45) is 0.630. The third-order valence-corrected chi connectivity index (χ3v) is 5.40. The number of benzene rings is 1. The third kappa shape index (κ3) is 3.44. The fraction of sp³-hybridized carbons (Fsp3) is 0.333. The van der Waals surface area contributed by atoms with Gasteiger partial charge in [0.25, 0.3) is 5.56 Å². The molecule has 0 bridgehead atoms. The highest BCUT2D eigenvalue weighted by Crippen LogP contribution is 2.26. The van der Waals surface area contributed by atoms with Crippen LogP contribution in [0, 0.1) is 24.2 Å². The summed E-state index contributed by atoms with van der Waals surface area (Å²) in [6.45, 7) is 4.12. The summed E-state index contributed by atoms with van der Waals surface area (Å²) in [7, 11) is 0. The molecule has 25 heavy (non-hydrogen) atoms. The molecular formula is C18H18N4O2S. The maximum atomic E-state index is 12.6. The first-order valence-electron chi connectivity index (χ1n) is 8.07. The molecule has 1 aromatic heterocycles. The maximum Gasteiger partial charge on any atom is 0.257 e. The second kappa shape index (κ2) is 7.11. The average molecular weight is 354 g/mol. The Morgan fingerprint density at radius 3 is 2.80 bits per heavy atom. The second-order valence-corrected chi connectivity index (χ2v) is 6.90. The molecule has 1 aliphatic rings. The van der Waals surface area contributed by atoms with E-state index in [-0.39, 0.29) is 17.4 Å². The van der Waals surface area contributed by atoms with Crippen LogP contribution in [0.3, 0.4) is 0 Å². The molecule has 2 aromatic rings. The number of fused-ring (bicyclic) bond motifs is 1. The number of amides is 1. The molecule has 7 heteroatoms. The average Bonchev–Trinajstić information content (AvgIpc) is 2.62. The van der Waals surface area contributed by atoms with E-state index in [4.69, 9.17) is 5.26 Å². The van der Waals surface area contributed by atoms with Crippen molar-refractivity contribution in [3.8, 4) is 6.07 Å². The zero-order chi connectivity index (χ0) is 18.0. The van der Waals surface area contributed by atoms with Crippen molar-refractivity contribution in [2.24, 2.45) is 5.92 Å². The zero-order valence-electron chi connectivity index (χ0n) is 14.1. The number of anilines is 1. The monoisotopic (exact) mass is 354 g/mol. The summed E-state index contributed by atoms with van der Waals surface area (Å²) in [5, 5.41) is 12.4. The molecule has 2 heterocycles. The first kappa shape index (κ1) is 17.2. The molecule has 1 atom stereocenters. The highest BCUT2D eigenvalue weighted by Gasteiger charge is 2.28. The minimum absolute atomic E-state index is 0.0478. The minimum Gasteiger partial charge on any atom is -0.326 e. The Labute approximate surface area is 149 Å². The summed E-state index contributed by atoms with van der Waals surface area (Å²) in [5.41, 5.74) is 2.61. The Morgan fingerprint density at radius 2 is 2.16 bits per heavy atom. The largest absolute Gasteiger partial charge is 0.326 e. The molecule has 0 radical (unpaired) electrons. The summed E-state index contributed by atoms with van der Waals surface area (Å²) in [6, 6.07) is 8.76. The van der Waals surface area contributed by atoms with Crippen molar-refractivity contribution in [1.29, 1.82) is 5.26 Å². The van der Waals surface area contributed by atoms with E-state index >= 15 is 0 Å². The van der Waals surface area contributed by atoms with Crippen molar-refractivity contribution in [1.82, 2.24) is 9.55 Å². The highest BCUT2D eigenvalue weighted by atomic mass is 32.2. The van der Waals surface area contributed by atoms with Gasteiger partial charge in [-0.2, -0.15) is 5.26 Å². The van der Waals surface area contributed by atoms with Crippen LogP contribution in [0.4, 0.5) is 5.69 Å². The first-order chi connectivity index (χ1) is 12.0. The quantitative estimate of drug-likeness (QED) is 0.855. The Bertz CT molecular complexity index is 912. The lowest BCUT2D eigenvalue weighted by molar-refractivity contribution is -0.119. The number of nitrogens with one attached hydrogen (secondary N) is 1. The molecule has 3 rings (SSSR count). The highest BCUT2D eigenvalue weighted by molar-refractivity contribution is 7.99. The molecule has 0 aliphatic carbocycles. The normalized spacial score (nSPS) is 16.0. The number of hydrogen-bond donors (Lipinski definition) is 1. The van der Waals surface area contributed by atoms with Gasteiger partial charge in [0.2, 0.25) is 5.91 Å². The van der Waals surface area contributed by atoms with Crippen molar-refractivity contribution in [2.75, 3.05) is 11.1 Å². The Hall–Kier alpha value is -2.59. The fourth-order valence-electron chi connectivity index (χ4n) is 2.83. The van der Waals surface area contributed by atoms with E-state index in [1.54, 1.807) is 28.8 Å². The molecule has 1 N–H and O–H groups in total. The first-order valence-corrected chi connectivity index (χ1v) is 9.06. The van der Waals surface area contributed by atoms with Gasteiger partial charge in [-0.05, 0) is 37.6 Å². The Morgan fingerprint density at radius 1 is 1.44 bits per heavy atom. The SMILES string of the molecule is CCc1c(C)nc2n(c1=O)CC(C(=O)Nc1ccc(C#N)cc1)CS2. The van der Waals surface area contributed by atoms with Gasteiger partial charge >= 0.3 is 0 Å². The van der Waals surface area contributed by atoms with Gasteiger partial charge in [-0.1, -0.05) is 18.7 Å². The predicted octanol–water partition coefficient (Wildman–Crippen LogP) is 2.35. The van der Waals surface area contributed by atoms with E-state index in [1.165, 1.54) is 11.8 Å². The van der Waals surface area contributed by atoms with E-state index in [1.807, 2.05) is 19.9 Å². The van der Waals surface area contributed by atoms with Gasteiger partial charge in [0.05, 0.1) is 17.6 Å². The number of nitriles is 1. The number of aromatic nitrogens is 2. The molecule has 0 saturated carbocycles. The molecule has 0 spiro atoms. The molecule has 0 saturated heterocycles. The van der Waals surface area contributed by atoms with E-state index in [0.29, 0.717) is 40.7 Å². The van der Waals surface area contributed by atoms with Crippen LogP contribution >= 0.6 is 11.8 Å². The van der Waals surface area contributed by atoms with Gasteiger partial charge in [-0.3, -0.25) is 14.2 Å². The number of carbonyl (C=O) groups is 1. The lowest BCUT2D eigenvalue weighted by Gasteiger charge is -2.25. The van der Waals surface area contributed by atoms with Gasteiger partial charge in [0.1, 0.15) is 0 Å². The van der Waals surface area contributed by atoms with Crippen LogP contribution in [-0.2, 0) is 17.8 Å². The van der Waals surface area contributed by atoms with E-state index in [2.05, 4.69) is 10.3 Å². The van der Waals surface area contributed by atoms with Gasteiger partial charge in [0, 0.05) is 29.2 Å².